The molecule has 1 heterocycles. The highest BCUT2D eigenvalue weighted by molar-refractivity contribution is 5.22. The number of aryl methyl sites for hydroxylation is 1. The third kappa shape index (κ3) is 6.06. The monoisotopic (exact) mass is 266 g/mol. The first-order valence-electron chi connectivity index (χ1n) is 7.41. The summed E-state index contributed by atoms with van der Waals surface area (Å²) >= 11 is 0. The van der Waals surface area contributed by atoms with Crippen molar-refractivity contribution in [1.82, 2.24) is 9.88 Å². The van der Waals surface area contributed by atoms with Crippen LogP contribution in [0.15, 0.2) is 18.3 Å². The number of ether oxygens (including phenoxy) is 1. The SMILES string of the molecule is CC.CC.Cc1cc(OC2CC(N(C)C)C2)ccn1. The number of hydrogen-bond donors (Lipinski definition) is 0. The molecule has 1 aliphatic carbocycles. The van der Waals surface area contributed by atoms with E-state index in [1.807, 2.05) is 46.8 Å². The van der Waals surface area contributed by atoms with E-state index in [1.165, 1.54) is 0 Å². The lowest BCUT2D eigenvalue weighted by molar-refractivity contribution is 0.0400. The third-order valence-electron chi connectivity index (χ3n) is 2.97. The fraction of sp³-hybridized carbons (Fsp3) is 0.688. The molecule has 0 bridgehead atoms. The van der Waals surface area contributed by atoms with Crippen molar-refractivity contribution in [2.45, 2.75) is 59.6 Å². The number of aromatic nitrogens is 1. The van der Waals surface area contributed by atoms with Crippen molar-refractivity contribution in [1.29, 1.82) is 0 Å². The van der Waals surface area contributed by atoms with E-state index in [-0.39, 0.29) is 0 Å². The summed E-state index contributed by atoms with van der Waals surface area (Å²) in [6.45, 7) is 9.98. The fourth-order valence-electron chi connectivity index (χ4n) is 1.84. The summed E-state index contributed by atoms with van der Waals surface area (Å²) in [6, 6.07) is 4.61. The molecule has 0 saturated heterocycles. The quantitative estimate of drug-likeness (QED) is 0.829. The van der Waals surface area contributed by atoms with E-state index in [1.54, 1.807) is 6.20 Å². The highest BCUT2D eigenvalue weighted by atomic mass is 16.5. The van der Waals surface area contributed by atoms with Crippen molar-refractivity contribution in [3.05, 3.63) is 24.0 Å². The Bertz CT molecular complexity index is 333. The predicted octanol–water partition coefficient (Wildman–Crippen LogP) is 3.91. The number of nitrogens with zero attached hydrogens (tertiary/aromatic N) is 2. The minimum Gasteiger partial charge on any atom is -0.490 e. The van der Waals surface area contributed by atoms with Gasteiger partial charge in [0.1, 0.15) is 11.9 Å². The van der Waals surface area contributed by atoms with E-state index in [4.69, 9.17) is 4.74 Å². The largest absolute Gasteiger partial charge is 0.490 e. The molecule has 0 spiro atoms. The smallest absolute Gasteiger partial charge is 0.123 e. The normalized spacial score (nSPS) is 20.4. The van der Waals surface area contributed by atoms with Gasteiger partial charge >= 0.3 is 0 Å². The molecule has 0 amide bonds. The molecular weight excluding hydrogens is 236 g/mol. The summed E-state index contributed by atoms with van der Waals surface area (Å²) in [7, 11) is 4.24. The van der Waals surface area contributed by atoms with Gasteiger partial charge in [0.2, 0.25) is 0 Å². The molecule has 0 aliphatic heterocycles. The molecule has 2 rings (SSSR count). The van der Waals surface area contributed by atoms with Gasteiger partial charge in [-0.3, -0.25) is 4.98 Å². The van der Waals surface area contributed by atoms with Crippen LogP contribution in [0.4, 0.5) is 0 Å². The zero-order valence-electron chi connectivity index (χ0n) is 13.6. The van der Waals surface area contributed by atoms with Crippen molar-refractivity contribution in [3.63, 3.8) is 0 Å². The molecule has 0 atom stereocenters. The second-order valence-electron chi connectivity index (χ2n) is 4.46. The Morgan fingerprint density at radius 2 is 1.74 bits per heavy atom. The van der Waals surface area contributed by atoms with E-state index >= 15 is 0 Å². The molecule has 0 radical (unpaired) electrons. The molecule has 1 fully saturated rings. The van der Waals surface area contributed by atoms with Crippen LogP contribution < -0.4 is 4.74 Å². The molecule has 0 N–H and O–H groups in total. The van der Waals surface area contributed by atoms with Crippen molar-refractivity contribution < 1.29 is 4.74 Å². The van der Waals surface area contributed by atoms with E-state index in [2.05, 4.69) is 24.0 Å². The van der Waals surface area contributed by atoms with E-state index in [0.29, 0.717) is 12.1 Å². The van der Waals surface area contributed by atoms with Crippen LogP contribution in [0.25, 0.3) is 0 Å². The van der Waals surface area contributed by atoms with Gasteiger partial charge in [0.25, 0.3) is 0 Å². The minimum atomic E-state index is 0.388. The summed E-state index contributed by atoms with van der Waals surface area (Å²) < 4.78 is 5.84. The average molecular weight is 266 g/mol. The lowest BCUT2D eigenvalue weighted by atomic mass is 9.88. The van der Waals surface area contributed by atoms with Crippen molar-refractivity contribution in [2.75, 3.05) is 14.1 Å². The maximum atomic E-state index is 5.84. The molecule has 1 aromatic rings. The Kier molecular flexibility index (Phi) is 9.23. The van der Waals surface area contributed by atoms with E-state index < -0.39 is 0 Å². The minimum absolute atomic E-state index is 0.388. The van der Waals surface area contributed by atoms with Crippen LogP contribution in [0, 0.1) is 6.92 Å². The average Bonchev–Trinajstić information content (AvgIpc) is 2.38. The van der Waals surface area contributed by atoms with Crippen LogP contribution in [0.5, 0.6) is 5.75 Å². The fourth-order valence-corrected chi connectivity index (χ4v) is 1.84. The third-order valence-corrected chi connectivity index (χ3v) is 2.97. The molecule has 19 heavy (non-hydrogen) atoms. The first-order valence-corrected chi connectivity index (χ1v) is 7.41. The summed E-state index contributed by atoms with van der Waals surface area (Å²) in [6.07, 6.45) is 4.45. The van der Waals surface area contributed by atoms with E-state index in [0.717, 1.165) is 24.3 Å². The second-order valence-corrected chi connectivity index (χ2v) is 4.46. The molecule has 0 aromatic carbocycles. The molecular formula is C16H30N2O. The van der Waals surface area contributed by atoms with Gasteiger partial charge in [0.15, 0.2) is 0 Å². The Labute approximate surface area is 119 Å². The van der Waals surface area contributed by atoms with Gasteiger partial charge < -0.3 is 9.64 Å². The molecule has 0 unspecified atom stereocenters. The van der Waals surface area contributed by atoms with Crippen LogP contribution in [-0.4, -0.2) is 36.1 Å². The standard InChI is InChI=1S/C12H18N2O.2C2H6/c1-9-6-11(4-5-13-9)15-12-7-10(8-12)14(2)3;2*1-2/h4-6,10,12H,7-8H2,1-3H3;2*1-2H3. The zero-order chi connectivity index (χ0) is 14.8. The lowest BCUT2D eigenvalue weighted by Gasteiger charge is -2.39. The summed E-state index contributed by atoms with van der Waals surface area (Å²) in [4.78, 5) is 6.41. The summed E-state index contributed by atoms with van der Waals surface area (Å²) in [5, 5.41) is 0. The lowest BCUT2D eigenvalue weighted by Crippen LogP contribution is -2.46. The number of rotatable bonds is 3. The molecule has 3 nitrogen and oxygen atoms in total. The van der Waals surface area contributed by atoms with Gasteiger partial charge in [-0.15, -0.1) is 0 Å². The van der Waals surface area contributed by atoms with Crippen molar-refractivity contribution >= 4 is 0 Å². The Morgan fingerprint density at radius 1 is 1.16 bits per heavy atom. The van der Waals surface area contributed by atoms with Crippen LogP contribution in [-0.2, 0) is 0 Å². The van der Waals surface area contributed by atoms with Crippen molar-refractivity contribution in [3.8, 4) is 5.75 Å². The summed E-state index contributed by atoms with van der Waals surface area (Å²) in [5.74, 6) is 0.949. The Hall–Kier alpha value is -1.09. The number of hydrogen-bond acceptors (Lipinski definition) is 3. The van der Waals surface area contributed by atoms with Gasteiger partial charge in [-0.1, -0.05) is 27.7 Å². The highest BCUT2D eigenvalue weighted by Gasteiger charge is 2.32. The van der Waals surface area contributed by atoms with Gasteiger partial charge in [0.05, 0.1) is 0 Å². The number of pyridine rings is 1. The second kappa shape index (κ2) is 9.79. The predicted molar refractivity (Wildman–Crippen MR) is 82.8 cm³/mol. The highest BCUT2D eigenvalue weighted by Crippen LogP contribution is 2.28. The topological polar surface area (TPSA) is 25.4 Å². The maximum absolute atomic E-state index is 5.84. The molecule has 110 valence electrons. The Balaban J connectivity index is 0.000000741. The zero-order valence-corrected chi connectivity index (χ0v) is 13.6. The molecule has 1 aromatic heterocycles. The van der Waals surface area contributed by atoms with Crippen LogP contribution in [0.1, 0.15) is 46.2 Å². The summed E-state index contributed by atoms with van der Waals surface area (Å²) in [5.41, 5.74) is 1.01. The first kappa shape index (κ1) is 17.9. The van der Waals surface area contributed by atoms with Crippen LogP contribution >= 0.6 is 0 Å². The molecule has 1 aliphatic rings. The van der Waals surface area contributed by atoms with Crippen molar-refractivity contribution in [2.24, 2.45) is 0 Å². The van der Waals surface area contributed by atoms with E-state index in [9.17, 15) is 0 Å². The molecule has 1 saturated carbocycles. The van der Waals surface area contributed by atoms with Crippen LogP contribution in [0.3, 0.4) is 0 Å². The van der Waals surface area contributed by atoms with Gasteiger partial charge in [-0.2, -0.15) is 0 Å². The van der Waals surface area contributed by atoms with Gasteiger partial charge in [-0.25, -0.2) is 0 Å². The molecule has 3 heteroatoms. The van der Waals surface area contributed by atoms with Gasteiger partial charge in [0, 0.05) is 24.0 Å². The Morgan fingerprint density at radius 3 is 2.21 bits per heavy atom. The van der Waals surface area contributed by atoms with Crippen LogP contribution in [0.2, 0.25) is 0 Å². The first-order chi connectivity index (χ1) is 9.15. The van der Waals surface area contributed by atoms with Gasteiger partial charge in [-0.05, 0) is 39.9 Å². The maximum Gasteiger partial charge on any atom is 0.123 e.